The smallest absolute Gasteiger partial charge is 0.252 e. The Labute approximate surface area is 150 Å². The summed E-state index contributed by atoms with van der Waals surface area (Å²) in [7, 11) is 1.60. The van der Waals surface area contributed by atoms with E-state index in [4.69, 9.17) is 28.6 Å². The van der Waals surface area contributed by atoms with Gasteiger partial charge in [-0.3, -0.25) is 9.78 Å². The van der Waals surface area contributed by atoms with Crippen molar-refractivity contribution in [3.05, 3.63) is 44.4 Å². The molecule has 0 radical (unpaired) electrons. The predicted octanol–water partition coefficient (Wildman–Crippen LogP) is 3.23. The molecule has 1 aromatic heterocycles. The lowest BCUT2D eigenvalue weighted by atomic mass is 9.97. The van der Waals surface area contributed by atoms with Crippen LogP contribution in [0.3, 0.4) is 0 Å². The summed E-state index contributed by atoms with van der Waals surface area (Å²) in [6.45, 7) is 2.79. The molecule has 0 spiro atoms. The topological polar surface area (TPSA) is 59.1 Å². The molecule has 1 aromatic carbocycles. The molecule has 2 N–H and O–H groups in total. The fourth-order valence-electron chi connectivity index (χ4n) is 3.13. The van der Waals surface area contributed by atoms with Gasteiger partial charge in [0.2, 0.25) is 0 Å². The average Bonchev–Trinajstić information content (AvgIpc) is 2.58. The van der Waals surface area contributed by atoms with Gasteiger partial charge in [0.25, 0.3) is 5.56 Å². The van der Waals surface area contributed by atoms with Crippen molar-refractivity contribution >= 4 is 23.8 Å². The number of aromatic nitrogens is 2. The Bertz CT molecular complexity index is 840. The molecule has 1 aliphatic heterocycles. The van der Waals surface area contributed by atoms with Gasteiger partial charge in [0.05, 0.1) is 12.8 Å². The molecule has 24 heavy (non-hydrogen) atoms. The second-order valence-electron chi connectivity index (χ2n) is 5.97. The number of H-pyrrole nitrogens is 1. The van der Waals surface area contributed by atoms with E-state index in [1.54, 1.807) is 25.3 Å². The highest BCUT2D eigenvalue weighted by molar-refractivity contribution is 7.71. The lowest BCUT2D eigenvalue weighted by Crippen LogP contribution is -2.30. The Balaban J connectivity index is 2.11. The third-order valence-electron chi connectivity index (χ3n) is 4.37. The number of rotatable bonds is 4. The molecule has 0 aliphatic carbocycles. The average molecular weight is 366 g/mol. The minimum Gasteiger partial charge on any atom is -0.496 e. The first-order chi connectivity index (χ1) is 11.6. The summed E-state index contributed by atoms with van der Waals surface area (Å²) in [4.78, 5) is 14.7. The Hall–Kier alpha value is -1.63. The number of nitrogens with zero attached hydrogens (tertiary/aromatic N) is 1. The van der Waals surface area contributed by atoms with Crippen molar-refractivity contribution in [2.24, 2.45) is 5.92 Å². The van der Waals surface area contributed by atoms with Gasteiger partial charge in [0.15, 0.2) is 4.77 Å². The predicted molar refractivity (Wildman–Crippen MR) is 98.5 cm³/mol. The van der Waals surface area contributed by atoms with Crippen molar-refractivity contribution in [3.8, 4) is 17.0 Å². The van der Waals surface area contributed by atoms with E-state index in [-0.39, 0.29) is 5.56 Å². The van der Waals surface area contributed by atoms with Crippen LogP contribution >= 0.6 is 23.8 Å². The molecule has 1 saturated heterocycles. The van der Waals surface area contributed by atoms with Gasteiger partial charge < -0.3 is 14.6 Å². The van der Waals surface area contributed by atoms with Crippen LogP contribution in [0.25, 0.3) is 11.3 Å². The minimum atomic E-state index is -0.224. The van der Waals surface area contributed by atoms with E-state index in [2.05, 4.69) is 10.3 Å². The number of halogens is 1. The highest BCUT2D eigenvalue weighted by Crippen LogP contribution is 2.32. The van der Waals surface area contributed by atoms with Crippen LogP contribution < -0.4 is 15.6 Å². The second-order valence-corrected chi connectivity index (χ2v) is 6.80. The molecule has 2 aromatic rings. The Morgan fingerprint density at radius 1 is 1.33 bits per heavy atom. The summed E-state index contributed by atoms with van der Waals surface area (Å²) >= 11 is 11.6. The number of ether oxygens (including phenoxy) is 1. The third-order valence-corrected chi connectivity index (χ3v) is 4.93. The first-order valence-corrected chi connectivity index (χ1v) is 8.76. The summed E-state index contributed by atoms with van der Waals surface area (Å²) < 4.78 is 7.87. The van der Waals surface area contributed by atoms with Gasteiger partial charge >= 0.3 is 0 Å². The lowest BCUT2D eigenvalue weighted by molar-refractivity contribution is 0.331. The van der Waals surface area contributed by atoms with Gasteiger partial charge in [0, 0.05) is 23.2 Å². The van der Waals surface area contributed by atoms with Crippen LogP contribution in [0.1, 0.15) is 12.8 Å². The zero-order chi connectivity index (χ0) is 17.1. The molecular formula is C17H20ClN3O2S. The van der Waals surface area contributed by atoms with E-state index in [0.29, 0.717) is 21.5 Å². The molecule has 3 rings (SSSR count). The first kappa shape index (κ1) is 17.2. The molecule has 0 bridgehead atoms. The van der Waals surface area contributed by atoms with Gasteiger partial charge in [0.1, 0.15) is 5.75 Å². The van der Waals surface area contributed by atoms with Crippen LogP contribution in [0.2, 0.25) is 5.02 Å². The van der Waals surface area contributed by atoms with Gasteiger partial charge in [-0.15, -0.1) is 0 Å². The van der Waals surface area contributed by atoms with Crippen LogP contribution in [-0.2, 0) is 6.54 Å². The summed E-state index contributed by atoms with van der Waals surface area (Å²) in [6.07, 6.45) is 2.18. The quantitative estimate of drug-likeness (QED) is 0.817. The summed E-state index contributed by atoms with van der Waals surface area (Å²) in [5, 5.41) is 3.95. The highest BCUT2D eigenvalue weighted by Gasteiger charge is 2.18. The molecule has 0 saturated carbocycles. The first-order valence-electron chi connectivity index (χ1n) is 7.97. The Kier molecular flexibility index (Phi) is 5.38. The van der Waals surface area contributed by atoms with E-state index in [0.717, 1.165) is 43.7 Å². The van der Waals surface area contributed by atoms with E-state index < -0.39 is 0 Å². The molecule has 1 fully saturated rings. The monoisotopic (exact) mass is 365 g/mol. The minimum absolute atomic E-state index is 0.224. The maximum Gasteiger partial charge on any atom is 0.252 e. The summed E-state index contributed by atoms with van der Waals surface area (Å²) in [5.41, 5.74) is 1.29. The number of benzene rings is 1. The highest BCUT2D eigenvalue weighted by atomic mass is 35.5. The molecule has 0 amide bonds. The number of hydrogen-bond acceptors (Lipinski definition) is 4. The fraction of sp³-hybridized carbons (Fsp3) is 0.412. The van der Waals surface area contributed by atoms with Crippen LogP contribution in [-0.4, -0.2) is 29.8 Å². The zero-order valence-corrected chi connectivity index (χ0v) is 15.0. The van der Waals surface area contributed by atoms with Crippen molar-refractivity contribution in [3.63, 3.8) is 0 Å². The largest absolute Gasteiger partial charge is 0.496 e. The van der Waals surface area contributed by atoms with E-state index >= 15 is 0 Å². The van der Waals surface area contributed by atoms with Crippen LogP contribution in [0.15, 0.2) is 29.1 Å². The number of piperidine rings is 1. The molecule has 5 nitrogen and oxygen atoms in total. The van der Waals surface area contributed by atoms with Crippen LogP contribution in [0.4, 0.5) is 0 Å². The fourth-order valence-corrected chi connectivity index (χ4v) is 3.57. The Morgan fingerprint density at radius 3 is 2.79 bits per heavy atom. The van der Waals surface area contributed by atoms with Crippen molar-refractivity contribution in [1.82, 2.24) is 14.9 Å². The van der Waals surface area contributed by atoms with E-state index in [1.165, 1.54) is 0 Å². The summed E-state index contributed by atoms with van der Waals surface area (Å²) in [6, 6.07) is 6.94. The molecule has 2 heterocycles. The van der Waals surface area contributed by atoms with E-state index in [1.807, 2.05) is 10.6 Å². The number of methoxy groups -OCH3 is 1. The summed E-state index contributed by atoms with van der Waals surface area (Å²) in [5.74, 6) is 1.19. The molecule has 0 unspecified atom stereocenters. The molecular weight excluding hydrogens is 346 g/mol. The molecule has 7 heteroatoms. The normalized spacial score (nSPS) is 15.4. The van der Waals surface area contributed by atoms with Crippen LogP contribution in [0.5, 0.6) is 5.75 Å². The van der Waals surface area contributed by atoms with Gasteiger partial charge in [-0.2, -0.15) is 0 Å². The molecule has 1 aliphatic rings. The maximum atomic E-state index is 12.0. The van der Waals surface area contributed by atoms with Crippen molar-refractivity contribution in [2.45, 2.75) is 19.4 Å². The second kappa shape index (κ2) is 7.51. The van der Waals surface area contributed by atoms with Gasteiger partial charge in [-0.05, 0) is 62.3 Å². The van der Waals surface area contributed by atoms with Crippen LogP contribution in [0, 0.1) is 10.7 Å². The van der Waals surface area contributed by atoms with Crippen molar-refractivity contribution in [1.29, 1.82) is 0 Å². The number of hydrogen-bond donors (Lipinski definition) is 2. The number of nitrogens with one attached hydrogen (secondary N) is 2. The SMILES string of the molecule is COc1ccc(Cl)cc1-c1cc(=O)[nH]c(=S)n1CC1CCNCC1. The maximum absolute atomic E-state index is 12.0. The standard InChI is InChI=1S/C17H20ClN3O2S/c1-23-15-3-2-12(18)8-13(15)14-9-16(22)20-17(24)21(14)10-11-4-6-19-7-5-11/h2-3,8-9,11,19H,4-7,10H2,1H3,(H,20,22,24). The van der Waals surface area contributed by atoms with Crippen molar-refractivity contribution < 1.29 is 4.74 Å². The molecule has 128 valence electrons. The van der Waals surface area contributed by atoms with Gasteiger partial charge in [-0.1, -0.05) is 11.6 Å². The van der Waals surface area contributed by atoms with Crippen molar-refractivity contribution in [2.75, 3.05) is 20.2 Å². The zero-order valence-electron chi connectivity index (χ0n) is 13.5. The van der Waals surface area contributed by atoms with Gasteiger partial charge in [-0.25, -0.2) is 0 Å². The number of aromatic amines is 1. The van der Waals surface area contributed by atoms with E-state index in [9.17, 15) is 4.79 Å². The molecule has 0 atom stereocenters. The third kappa shape index (κ3) is 3.71. The lowest BCUT2D eigenvalue weighted by Gasteiger charge is -2.25. The Morgan fingerprint density at radius 2 is 2.08 bits per heavy atom.